The fourth-order valence-corrected chi connectivity index (χ4v) is 2.85. The molecule has 3 aromatic rings. The van der Waals surface area contributed by atoms with Crippen LogP contribution in [0.1, 0.15) is 24.6 Å². The maximum absolute atomic E-state index is 4.67. The van der Waals surface area contributed by atoms with Crippen LogP contribution in [0, 0.1) is 0 Å². The second-order valence-electron chi connectivity index (χ2n) is 5.48. The third-order valence-corrected chi connectivity index (χ3v) is 4.00. The summed E-state index contributed by atoms with van der Waals surface area (Å²) >= 11 is 0. The smallest absolute Gasteiger partial charge is 0.156 e. The first kappa shape index (κ1) is 12.5. The molecule has 1 aliphatic heterocycles. The molecule has 1 fully saturated rings. The van der Waals surface area contributed by atoms with Crippen LogP contribution in [0.2, 0.25) is 0 Å². The topological polar surface area (TPSA) is 55.1 Å². The predicted octanol–water partition coefficient (Wildman–Crippen LogP) is 2.26. The molecule has 1 atom stereocenters. The molecule has 0 aromatic carbocycles. The van der Waals surface area contributed by atoms with Crippen molar-refractivity contribution in [3.05, 3.63) is 48.7 Å². The van der Waals surface area contributed by atoms with Gasteiger partial charge in [0, 0.05) is 42.2 Å². The summed E-state index contributed by atoms with van der Waals surface area (Å²) in [6, 6.07) is 8.09. The van der Waals surface area contributed by atoms with Gasteiger partial charge in [0.1, 0.15) is 0 Å². The molecule has 4 heterocycles. The molecule has 1 unspecified atom stereocenters. The zero-order chi connectivity index (χ0) is 14.1. The third-order valence-electron chi connectivity index (χ3n) is 4.00. The molecule has 0 aliphatic carbocycles. The minimum atomic E-state index is 0.431. The molecule has 5 heteroatoms. The van der Waals surface area contributed by atoms with Crippen LogP contribution in [0.25, 0.3) is 16.8 Å². The van der Waals surface area contributed by atoms with E-state index in [1.54, 1.807) is 6.20 Å². The number of fused-ring (bicyclic) bond motifs is 1. The minimum absolute atomic E-state index is 0.431. The van der Waals surface area contributed by atoms with E-state index in [0.717, 1.165) is 35.7 Å². The summed E-state index contributed by atoms with van der Waals surface area (Å²) in [5.41, 5.74) is 3.10. The Morgan fingerprint density at radius 1 is 1.19 bits per heavy atom. The molecule has 1 aliphatic rings. The van der Waals surface area contributed by atoms with Crippen molar-refractivity contribution in [2.75, 3.05) is 13.1 Å². The van der Waals surface area contributed by atoms with Crippen LogP contribution in [0.5, 0.6) is 0 Å². The van der Waals surface area contributed by atoms with Gasteiger partial charge >= 0.3 is 0 Å². The fourth-order valence-electron chi connectivity index (χ4n) is 2.85. The zero-order valence-electron chi connectivity index (χ0n) is 11.7. The van der Waals surface area contributed by atoms with Gasteiger partial charge in [-0.3, -0.25) is 4.98 Å². The van der Waals surface area contributed by atoms with Gasteiger partial charge in [-0.25, -0.2) is 9.50 Å². The summed E-state index contributed by atoms with van der Waals surface area (Å²) in [6.45, 7) is 2.08. The highest BCUT2D eigenvalue weighted by Gasteiger charge is 2.19. The highest BCUT2D eigenvalue weighted by Crippen LogP contribution is 2.22. The maximum Gasteiger partial charge on any atom is 0.156 e. The van der Waals surface area contributed by atoms with E-state index in [1.807, 2.05) is 29.0 Å². The van der Waals surface area contributed by atoms with Gasteiger partial charge in [-0.05, 0) is 37.6 Å². The van der Waals surface area contributed by atoms with E-state index in [-0.39, 0.29) is 0 Å². The van der Waals surface area contributed by atoms with Crippen LogP contribution in [0.15, 0.2) is 42.9 Å². The third kappa shape index (κ3) is 2.40. The molecular weight excluding hydrogens is 262 g/mol. The number of nitrogens with one attached hydrogen (secondary N) is 1. The lowest BCUT2D eigenvalue weighted by Crippen LogP contribution is -2.28. The van der Waals surface area contributed by atoms with E-state index in [4.69, 9.17) is 0 Å². The number of rotatable bonds is 2. The second-order valence-corrected chi connectivity index (χ2v) is 5.48. The van der Waals surface area contributed by atoms with Gasteiger partial charge in [0.15, 0.2) is 11.5 Å². The fraction of sp³-hybridized carbons (Fsp3) is 0.312. The van der Waals surface area contributed by atoms with Crippen LogP contribution in [0.4, 0.5) is 0 Å². The number of piperidine rings is 1. The highest BCUT2D eigenvalue weighted by molar-refractivity contribution is 5.63. The molecule has 4 rings (SSSR count). The van der Waals surface area contributed by atoms with Crippen molar-refractivity contribution in [2.45, 2.75) is 18.8 Å². The van der Waals surface area contributed by atoms with Crippen molar-refractivity contribution in [3.63, 3.8) is 0 Å². The molecule has 0 spiro atoms. The molecule has 1 saturated heterocycles. The molecule has 0 amide bonds. The summed E-state index contributed by atoms with van der Waals surface area (Å²) in [6.07, 6.45) is 8.04. The number of aromatic nitrogens is 4. The SMILES string of the molecule is c1cncc(-c2ccc3nc(C4CCCNC4)nn3c2)c1. The molecule has 21 heavy (non-hydrogen) atoms. The Morgan fingerprint density at radius 2 is 2.19 bits per heavy atom. The van der Waals surface area contributed by atoms with Crippen molar-refractivity contribution < 1.29 is 0 Å². The van der Waals surface area contributed by atoms with Crippen molar-refractivity contribution >= 4 is 5.65 Å². The first-order valence-electron chi connectivity index (χ1n) is 7.37. The predicted molar refractivity (Wildman–Crippen MR) is 81.1 cm³/mol. The number of hydrogen-bond donors (Lipinski definition) is 1. The molecular formula is C16H17N5. The van der Waals surface area contributed by atoms with Crippen LogP contribution in [0.3, 0.4) is 0 Å². The first-order valence-corrected chi connectivity index (χ1v) is 7.37. The van der Waals surface area contributed by atoms with Gasteiger partial charge in [-0.2, -0.15) is 5.10 Å². The maximum atomic E-state index is 4.67. The van der Waals surface area contributed by atoms with Crippen LogP contribution < -0.4 is 5.32 Å². The van der Waals surface area contributed by atoms with Gasteiger partial charge in [0.2, 0.25) is 0 Å². The Labute approximate surface area is 123 Å². The normalized spacial score (nSPS) is 19.0. The zero-order valence-corrected chi connectivity index (χ0v) is 11.7. The molecule has 0 radical (unpaired) electrons. The Kier molecular flexibility index (Phi) is 3.12. The quantitative estimate of drug-likeness (QED) is 0.782. The summed E-state index contributed by atoms with van der Waals surface area (Å²) in [5, 5.41) is 8.09. The monoisotopic (exact) mass is 279 g/mol. The Morgan fingerprint density at radius 3 is 3.00 bits per heavy atom. The highest BCUT2D eigenvalue weighted by atomic mass is 15.3. The van der Waals surface area contributed by atoms with Crippen LogP contribution in [-0.4, -0.2) is 32.7 Å². The van der Waals surface area contributed by atoms with E-state index in [1.165, 1.54) is 12.8 Å². The standard InChI is InChI=1S/C16H17N5/c1-3-12(9-17-7-1)14-5-6-15-19-16(20-21(15)11-14)13-4-2-8-18-10-13/h1,3,5-7,9,11,13,18H,2,4,8,10H2. The average molecular weight is 279 g/mol. The minimum Gasteiger partial charge on any atom is -0.316 e. The summed E-state index contributed by atoms with van der Waals surface area (Å²) in [7, 11) is 0. The molecule has 0 bridgehead atoms. The lowest BCUT2D eigenvalue weighted by Gasteiger charge is -2.19. The molecule has 0 saturated carbocycles. The van der Waals surface area contributed by atoms with E-state index in [2.05, 4.69) is 32.5 Å². The number of hydrogen-bond acceptors (Lipinski definition) is 4. The molecule has 1 N–H and O–H groups in total. The summed E-state index contributed by atoms with van der Waals surface area (Å²) in [5.74, 6) is 1.38. The van der Waals surface area contributed by atoms with Gasteiger partial charge in [0.05, 0.1) is 0 Å². The number of nitrogens with zero attached hydrogens (tertiary/aromatic N) is 4. The molecule has 3 aromatic heterocycles. The van der Waals surface area contributed by atoms with Gasteiger partial charge in [-0.15, -0.1) is 0 Å². The Hall–Kier alpha value is -2.27. The van der Waals surface area contributed by atoms with Crippen LogP contribution in [-0.2, 0) is 0 Å². The first-order chi connectivity index (χ1) is 10.4. The van der Waals surface area contributed by atoms with E-state index in [0.29, 0.717) is 5.92 Å². The average Bonchev–Trinajstić information content (AvgIpc) is 2.99. The summed E-state index contributed by atoms with van der Waals surface area (Å²) in [4.78, 5) is 8.83. The van der Waals surface area contributed by atoms with Gasteiger partial charge in [0.25, 0.3) is 0 Å². The van der Waals surface area contributed by atoms with E-state index < -0.39 is 0 Å². The van der Waals surface area contributed by atoms with E-state index in [9.17, 15) is 0 Å². The van der Waals surface area contributed by atoms with Gasteiger partial charge in [-0.1, -0.05) is 6.07 Å². The van der Waals surface area contributed by atoms with Gasteiger partial charge < -0.3 is 5.32 Å². The lowest BCUT2D eigenvalue weighted by atomic mass is 9.99. The van der Waals surface area contributed by atoms with Crippen molar-refractivity contribution in [2.24, 2.45) is 0 Å². The lowest BCUT2D eigenvalue weighted by molar-refractivity contribution is 0.447. The second kappa shape index (κ2) is 5.26. The van der Waals surface area contributed by atoms with Crippen molar-refractivity contribution in [3.8, 4) is 11.1 Å². The number of pyridine rings is 2. The summed E-state index contributed by atoms with van der Waals surface area (Å²) < 4.78 is 1.88. The van der Waals surface area contributed by atoms with Crippen LogP contribution >= 0.6 is 0 Å². The Bertz CT molecular complexity index is 744. The molecule has 5 nitrogen and oxygen atoms in total. The van der Waals surface area contributed by atoms with Crippen molar-refractivity contribution in [1.29, 1.82) is 0 Å². The largest absolute Gasteiger partial charge is 0.316 e. The van der Waals surface area contributed by atoms with E-state index >= 15 is 0 Å². The molecule has 106 valence electrons. The Balaban J connectivity index is 1.71. The van der Waals surface area contributed by atoms with Crippen molar-refractivity contribution in [1.82, 2.24) is 24.9 Å².